The predicted octanol–water partition coefficient (Wildman–Crippen LogP) is 2.71. The monoisotopic (exact) mass is 642 g/mol. The summed E-state index contributed by atoms with van der Waals surface area (Å²) in [4.78, 5) is 41.4. The van der Waals surface area contributed by atoms with Gasteiger partial charge in [0, 0.05) is 37.1 Å². The van der Waals surface area contributed by atoms with Crippen LogP contribution in [0.4, 0.5) is 11.8 Å². The summed E-state index contributed by atoms with van der Waals surface area (Å²) in [7, 11) is -4.38. The maximum atomic E-state index is 12.2. The fourth-order valence-electron chi connectivity index (χ4n) is 6.02. The first-order valence-corrected chi connectivity index (χ1v) is 18.0. The fourth-order valence-corrected chi connectivity index (χ4v) is 6.58. The van der Waals surface area contributed by atoms with Gasteiger partial charge in [-0.15, -0.1) is 5.10 Å². The second-order valence-electron chi connectivity index (χ2n) is 12.1. The molecule has 15 heteroatoms. The molecule has 1 saturated heterocycles. The maximum Gasteiger partial charge on any atom is 0.334 e. The summed E-state index contributed by atoms with van der Waals surface area (Å²) in [6.07, 6.45) is 11.4. The van der Waals surface area contributed by atoms with Gasteiger partial charge in [-0.1, -0.05) is 36.6 Å². The lowest BCUT2D eigenvalue weighted by Gasteiger charge is -2.33. The fraction of sp³-hybridized carbons (Fsp3) is 0.633. The lowest BCUT2D eigenvalue weighted by atomic mass is 9.95. The van der Waals surface area contributed by atoms with Crippen molar-refractivity contribution in [2.24, 2.45) is 0 Å². The van der Waals surface area contributed by atoms with Crippen LogP contribution in [0, 0.1) is 0 Å². The van der Waals surface area contributed by atoms with Gasteiger partial charge in [-0.2, -0.15) is 4.98 Å². The van der Waals surface area contributed by atoms with Gasteiger partial charge in [-0.05, 0) is 70.3 Å². The van der Waals surface area contributed by atoms with Crippen LogP contribution >= 0.6 is 7.60 Å². The van der Waals surface area contributed by atoms with E-state index in [1.54, 1.807) is 0 Å². The average Bonchev–Trinajstić information content (AvgIpc) is 3.49. The molecule has 3 heterocycles. The number of benzene rings is 1. The molecule has 0 radical (unpaired) electrons. The van der Waals surface area contributed by atoms with Crippen LogP contribution in [-0.2, 0) is 22.4 Å². The Morgan fingerprint density at radius 2 is 1.73 bits per heavy atom. The second kappa shape index (κ2) is 16.4. The van der Waals surface area contributed by atoms with E-state index in [9.17, 15) is 9.36 Å². The number of fused-ring (bicyclic) bond motifs is 1. The Balaban J connectivity index is 1.05. The first kappa shape index (κ1) is 33.2. The molecule has 2 aromatic heterocycles. The van der Waals surface area contributed by atoms with Crippen molar-refractivity contribution >= 4 is 36.2 Å². The molecule has 5 rings (SSSR count). The first-order chi connectivity index (χ1) is 21.8. The van der Waals surface area contributed by atoms with E-state index in [2.05, 4.69) is 36.6 Å². The third-order valence-corrected chi connectivity index (χ3v) is 9.14. The smallest absolute Gasteiger partial charge is 0.334 e. The number of aromatic nitrogens is 5. The van der Waals surface area contributed by atoms with E-state index >= 15 is 0 Å². The van der Waals surface area contributed by atoms with Gasteiger partial charge in [-0.25, -0.2) is 4.98 Å². The minimum atomic E-state index is -4.38. The van der Waals surface area contributed by atoms with Crippen LogP contribution in [0.2, 0.25) is 0 Å². The minimum absolute atomic E-state index is 0.0582. The van der Waals surface area contributed by atoms with Gasteiger partial charge in [0.2, 0.25) is 11.9 Å². The second-order valence-corrected chi connectivity index (χ2v) is 13.8. The van der Waals surface area contributed by atoms with Crippen LogP contribution in [0.25, 0.3) is 10.9 Å². The SMILES string of the molecule is O=C(CP(=O)(O)O)N1CCC(Nc2nc(NCc3cn(CCCNCCCNC4CCCCC4)nn3)nc3ccccc23)CC1. The van der Waals surface area contributed by atoms with E-state index in [1.165, 1.54) is 37.0 Å². The number of nitrogens with zero attached hydrogens (tertiary/aromatic N) is 6. The highest BCUT2D eigenvalue weighted by Crippen LogP contribution is 2.34. The summed E-state index contributed by atoms with van der Waals surface area (Å²) < 4.78 is 13.1. The third kappa shape index (κ3) is 10.7. The highest BCUT2D eigenvalue weighted by molar-refractivity contribution is 7.52. The maximum absolute atomic E-state index is 12.2. The topological polar surface area (TPSA) is 182 Å². The molecule has 3 aromatic rings. The van der Waals surface area contributed by atoms with Gasteiger partial charge in [0.05, 0.1) is 18.3 Å². The van der Waals surface area contributed by atoms with Crippen molar-refractivity contribution in [3.05, 3.63) is 36.2 Å². The molecule has 0 spiro atoms. The van der Waals surface area contributed by atoms with E-state index in [1.807, 2.05) is 35.1 Å². The first-order valence-electron chi connectivity index (χ1n) is 16.2. The standard InChI is InChI=1S/C30H47N10O4P/c41-28(22-45(42,43)44)39-18-12-24(13-19-39)34-29-26-10-4-5-11-27(26)35-30(36-29)33-20-25-21-40(38-37-25)17-7-15-31-14-6-16-32-23-8-2-1-3-9-23/h4-5,10-11,21,23-24,31-32H,1-3,6-9,12-20,22H2,(H2,42,43,44)(H2,33,34,35,36). The number of carbonyl (C=O) groups excluding carboxylic acids is 1. The number of carbonyl (C=O) groups is 1. The molecule has 14 nitrogen and oxygen atoms in total. The van der Waals surface area contributed by atoms with E-state index in [0.717, 1.165) is 61.7 Å². The zero-order chi connectivity index (χ0) is 31.5. The molecule has 1 aliphatic heterocycles. The zero-order valence-corrected chi connectivity index (χ0v) is 26.8. The lowest BCUT2D eigenvalue weighted by molar-refractivity contribution is -0.129. The predicted molar refractivity (Wildman–Crippen MR) is 174 cm³/mol. The van der Waals surface area contributed by atoms with Gasteiger partial charge < -0.3 is 36.0 Å². The van der Waals surface area contributed by atoms with Gasteiger partial charge in [-0.3, -0.25) is 14.0 Å². The van der Waals surface area contributed by atoms with E-state index in [0.29, 0.717) is 44.2 Å². The Morgan fingerprint density at radius 1 is 0.956 bits per heavy atom. The number of likely N-dealkylation sites (tertiary alicyclic amines) is 1. The van der Waals surface area contributed by atoms with Crippen LogP contribution < -0.4 is 21.3 Å². The summed E-state index contributed by atoms with van der Waals surface area (Å²) >= 11 is 0. The molecule has 2 aliphatic rings. The van der Waals surface area contributed by atoms with Crippen molar-refractivity contribution in [1.29, 1.82) is 0 Å². The normalized spacial score (nSPS) is 16.7. The molecule has 1 aliphatic carbocycles. The van der Waals surface area contributed by atoms with Crippen molar-refractivity contribution in [2.75, 3.05) is 49.5 Å². The van der Waals surface area contributed by atoms with Crippen molar-refractivity contribution in [3.63, 3.8) is 0 Å². The summed E-state index contributed by atoms with van der Waals surface area (Å²) in [5, 5.41) is 23.5. The number of nitrogens with one attached hydrogen (secondary N) is 4. The summed E-state index contributed by atoms with van der Waals surface area (Å²) in [5.41, 5.74) is 1.60. The number of rotatable bonds is 16. The molecule has 246 valence electrons. The van der Waals surface area contributed by atoms with E-state index in [-0.39, 0.29) is 6.04 Å². The molecule has 0 bridgehead atoms. The molecule has 2 fully saturated rings. The van der Waals surface area contributed by atoms with Crippen LogP contribution in [-0.4, -0.2) is 96.5 Å². The van der Waals surface area contributed by atoms with Gasteiger partial charge in [0.15, 0.2) is 0 Å². The number of aryl methyl sites for hydroxylation is 1. The molecule has 1 saturated carbocycles. The van der Waals surface area contributed by atoms with Crippen LogP contribution in [0.1, 0.15) is 63.5 Å². The zero-order valence-electron chi connectivity index (χ0n) is 25.9. The highest BCUT2D eigenvalue weighted by atomic mass is 31.2. The number of anilines is 2. The van der Waals surface area contributed by atoms with Gasteiger partial charge in [0.25, 0.3) is 0 Å². The molecule has 1 aromatic carbocycles. The molecular formula is C30H47N10O4P. The van der Waals surface area contributed by atoms with E-state index < -0.39 is 19.7 Å². The Hall–Kier alpha value is -3.16. The minimum Gasteiger partial charge on any atom is -0.367 e. The molecule has 45 heavy (non-hydrogen) atoms. The quantitative estimate of drug-likeness (QED) is 0.0994. The molecule has 0 unspecified atom stereocenters. The molecule has 1 amide bonds. The van der Waals surface area contributed by atoms with Crippen LogP contribution in [0.15, 0.2) is 30.5 Å². The van der Waals surface area contributed by atoms with Crippen molar-refractivity contribution < 1.29 is 19.1 Å². The summed E-state index contributed by atoms with van der Waals surface area (Å²) in [5.74, 6) is 0.661. The van der Waals surface area contributed by atoms with Crippen molar-refractivity contribution in [3.8, 4) is 0 Å². The van der Waals surface area contributed by atoms with Crippen molar-refractivity contribution in [1.82, 2.24) is 40.5 Å². The Bertz CT molecular complexity index is 1420. The molecule has 6 N–H and O–H groups in total. The van der Waals surface area contributed by atoms with Crippen molar-refractivity contribution in [2.45, 2.75) is 83.0 Å². The summed E-state index contributed by atoms with van der Waals surface area (Å²) in [6.45, 7) is 5.13. The number of hydrogen-bond donors (Lipinski definition) is 6. The third-order valence-electron chi connectivity index (χ3n) is 8.46. The van der Waals surface area contributed by atoms with Crippen LogP contribution in [0.3, 0.4) is 0 Å². The number of amides is 1. The number of para-hydroxylation sites is 1. The lowest BCUT2D eigenvalue weighted by Crippen LogP contribution is -2.43. The highest BCUT2D eigenvalue weighted by Gasteiger charge is 2.28. The van der Waals surface area contributed by atoms with E-state index in [4.69, 9.17) is 14.8 Å². The number of piperidine rings is 1. The Labute approximate surface area is 264 Å². The van der Waals surface area contributed by atoms with Gasteiger partial charge in [0.1, 0.15) is 17.7 Å². The molecule has 0 atom stereocenters. The molecular weight excluding hydrogens is 595 g/mol. The van der Waals surface area contributed by atoms with Crippen LogP contribution in [0.5, 0.6) is 0 Å². The number of hydrogen-bond acceptors (Lipinski definition) is 10. The Kier molecular flexibility index (Phi) is 12.1. The largest absolute Gasteiger partial charge is 0.367 e. The summed E-state index contributed by atoms with van der Waals surface area (Å²) in [6, 6.07) is 8.56. The Morgan fingerprint density at radius 3 is 2.53 bits per heavy atom. The van der Waals surface area contributed by atoms with Gasteiger partial charge >= 0.3 is 7.60 Å². The average molecular weight is 643 g/mol.